The SMILES string of the molecule is NCCNC(=O)CC[C@@H](O)[C@H](O)C(=O)NCCN. The van der Waals surface area contributed by atoms with Crippen molar-refractivity contribution in [2.24, 2.45) is 11.5 Å². The Morgan fingerprint density at radius 3 is 2.17 bits per heavy atom. The van der Waals surface area contributed by atoms with Crippen molar-refractivity contribution in [3.63, 3.8) is 0 Å². The number of aliphatic hydroxyl groups is 2. The number of amides is 2. The number of carbonyl (C=O) groups excluding carboxylic acids is 2. The van der Waals surface area contributed by atoms with Crippen molar-refractivity contribution in [2.45, 2.75) is 25.0 Å². The van der Waals surface area contributed by atoms with Crippen molar-refractivity contribution in [2.75, 3.05) is 26.2 Å². The summed E-state index contributed by atoms with van der Waals surface area (Å²) < 4.78 is 0. The van der Waals surface area contributed by atoms with Gasteiger partial charge in [0.05, 0.1) is 6.10 Å². The smallest absolute Gasteiger partial charge is 0.251 e. The van der Waals surface area contributed by atoms with E-state index >= 15 is 0 Å². The van der Waals surface area contributed by atoms with Crippen LogP contribution < -0.4 is 22.1 Å². The topological polar surface area (TPSA) is 151 Å². The Hall–Kier alpha value is -1.22. The van der Waals surface area contributed by atoms with Crippen LogP contribution in [0.3, 0.4) is 0 Å². The minimum Gasteiger partial charge on any atom is -0.390 e. The van der Waals surface area contributed by atoms with Crippen LogP contribution in [-0.2, 0) is 9.59 Å². The van der Waals surface area contributed by atoms with Crippen molar-refractivity contribution < 1.29 is 19.8 Å². The molecule has 0 aliphatic carbocycles. The van der Waals surface area contributed by atoms with Crippen molar-refractivity contribution in [1.82, 2.24) is 10.6 Å². The summed E-state index contributed by atoms with van der Waals surface area (Å²) in [6.07, 6.45) is -2.83. The number of nitrogens with one attached hydrogen (secondary N) is 2. The Morgan fingerprint density at radius 1 is 1.06 bits per heavy atom. The van der Waals surface area contributed by atoms with E-state index < -0.39 is 18.1 Å². The van der Waals surface area contributed by atoms with Crippen LogP contribution >= 0.6 is 0 Å². The molecule has 2 atom stereocenters. The minimum absolute atomic E-state index is 0.00633. The number of aliphatic hydroxyl groups excluding tert-OH is 2. The molecule has 0 spiro atoms. The van der Waals surface area contributed by atoms with E-state index in [4.69, 9.17) is 11.5 Å². The third-order valence-corrected chi connectivity index (χ3v) is 2.21. The lowest BCUT2D eigenvalue weighted by molar-refractivity contribution is -0.136. The molecule has 8 heteroatoms. The van der Waals surface area contributed by atoms with Crippen molar-refractivity contribution in [3.05, 3.63) is 0 Å². The van der Waals surface area contributed by atoms with Crippen LogP contribution in [0.15, 0.2) is 0 Å². The maximum Gasteiger partial charge on any atom is 0.251 e. The van der Waals surface area contributed by atoms with E-state index in [-0.39, 0.29) is 31.8 Å². The standard InChI is InChI=1S/C10H22N4O4/c11-3-5-13-8(16)2-1-7(15)9(17)10(18)14-6-4-12/h7,9,15,17H,1-6,11-12H2,(H,13,16)(H,14,18)/t7-,9+/m1/s1. The average molecular weight is 262 g/mol. The molecular formula is C10H22N4O4. The monoisotopic (exact) mass is 262 g/mol. The lowest BCUT2D eigenvalue weighted by Gasteiger charge is -2.17. The summed E-state index contributed by atoms with van der Waals surface area (Å²) in [5.41, 5.74) is 10.4. The molecule has 8 nitrogen and oxygen atoms in total. The Kier molecular flexibility index (Phi) is 9.11. The fourth-order valence-corrected chi connectivity index (χ4v) is 1.21. The molecule has 2 amide bonds. The molecule has 0 fully saturated rings. The maximum absolute atomic E-state index is 11.3. The van der Waals surface area contributed by atoms with Crippen LogP contribution in [0.1, 0.15) is 12.8 Å². The van der Waals surface area contributed by atoms with Crippen LogP contribution in [0.2, 0.25) is 0 Å². The van der Waals surface area contributed by atoms with Crippen LogP contribution in [0.5, 0.6) is 0 Å². The van der Waals surface area contributed by atoms with Crippen molar-refractivity contribution in [3.8, 4) is 0 Å². The molecule has 106 valence electrons. The Labute approximate surface area is 106 Å². The summed E-state index contributed by atoms with van der Waals surface area (Å²) >= 11 is 0. The molecule has 0 rings (SSSR count). The van der Waals surface area contributed by atoms with E-state index in [1.165, 1.54) is 0 Å². The van der Waals surface area contributed by atoms with Gasteiger partial charge in [0, 0.05) is 32.6 Å². The molecule has 0 bridgehead atoms. The van der Waals surface area contributed by atoms with Gasteiger partial charge in [-0.3, -0.25) is 9.59 Å². The van der Waals surface area contributed by atoms with Gasteiger partial charge in [-0.05, 0) is 6.42 Å². The second kappa shape index (κ2) is 9.77. The first-order valence-electron chi connectivity index (χ1n) is 5.83. The second-order valence-corrected chi connectivity index (χ2v) is 3.77. The van der Waals surface area contributed by atoms with Crippen molar-refractivity contribution in [1.29, 1.82) is 0 Å². The van der Waals surface area contributed by atoms with E-state index in [0.29, 0.717) is 13.1 Å². The van der Waals surface area contributed by atoms with Gasteiger partial charge in [-0.2, -0.15) is 0 Å². The van der Waals surface area contributed by atoms with E-state index in [0.717, 1.165) is 0 Å². The lowest BCUT2D eigenvalue weighted by Crippen LogP contribution is -2.44. The second-order valence-electron chi connectivity index (χ2n) is 3.77. The molecule has 0 radical (unpaired) electrons. The molecule has 0 unspecified atom stereocenters. The first-order valence-corrected chi connectivity index (χ1v) is 5.83. The summed E-state index contributed by atoms with van der Waals surface area (Å²) in [5, 5.41) is 23.8. The third kappa shape index (κ3) is 7.17. The largest absolute Gasteiger partial charge is 0.390 e. The fourth-order valence-electron chi connectivity index (χ4n) is 1.21. The number of rotatable bonds is 9. The van der Waals surface area contributed by atoms with Gasteiger partial charge < -0.3 is 32.3 Å². The van der Waals surface area contributed by atoms with E-state index in [1.807, 2.05) is 0 Å². The normalized spacial score (nSPS) is 13.8. The van der Waals surface area contributed by atoms with Gasteiger partial charge in [-0.1, -0.05) is 0 Å². The van der Waals surface area contributed by atoms with Gasteiger partial charge in [-0.15, -0.1) is 0 Å². The predicted molar refractivity (Wildman–Crippen MR) is 65.4 cm³/mol. The summed E-state index contributed by atoms with van der Waals surface area (Å²) in [6.45, 7) is 1.16. The molecule has 0 aliphatic rings. The highest BCUT2D eigenvalue weighted by molar-refractivity contribution is 5.81. The predicted octanol–water partition coefficient (Wildman–Crippen LogP) is -3.36. The van der Waals surface area contributed by atoms with E-state index in [9.17, 15) is 19.8 Å². The molecule has 0 aromatic heterocycles. The number of hydrogen-bond acceptors (Lipinski definition) is 6. The quantitative estimate of drug-likeness (QED) is 0.255. The highest BCUT2D eigenvalue weighted by atomic mass is 16.3. The first-order chi connectivity index (χ1) is 8.52. The molecule has 0 aliphatic heterocycles. The Balaban J connectivity index is 3.89. The van der Waals surface area contributed by atoms with Crippen LogP contribution in [0.25, 0.3) is 0 Å². The van der Waals surface area contributed by atoms with Gasteiger partial charge in [0.1, 0.15) is 0 Å². The van der Waals surface area contributed by atoms with Gasteiger partial charge in [-0.25, -0.2) is 0 Å². The first kappa shape index (κ1) is 16.8. The minimum atomic E-state index is -1.56. The average Bonchev–Trinajstić information content (AvgIpc) is 2.38. The Morgan fingerprint density at radius 2 is 1.61 bits per heavy atom. The van der Waals surface area contributed by atoms with Gasteiger partial charge in [0.15, 0.2) is 6.10 Å². The molecule has 18 heavy (non-hydrogen) atoms. The Bertz CT molecular complexity index is 262. The summed E-state index contributed by atoms with van der Waals surface area (Å²) in [4.78, 5) is 22.5. The zero-order valence-electron chi connectivity index (χ0n) is 10.3. The fraction of sp³-hybridized carbons (Fsp3) is 0.800. The molecule has 8 N–H and O–H groups in total. The molecule has 0 heterocycles. The van der Waals surface area contributed by atoms with E-state index in [1.54, 1.807) is 0 Å². The summed E-state index contributed by atoms with van der Waals surface area (Å²) in [5.74, 6) is -0.982. The molecule has 0 saturated heterocycles. The van der Waals surface area contributed by atoms with Crippen LogP contribution in [0.4, 0.5) is 0 Å². The molecule has 0 aromatic rings. The third-order valence-electron chi connectivity index (χ3n) is 2.21. The highest BCUT2D eigenvalue weighted by Crippen LogP contribution is 2.03. The van der Waals surface area contributed by atoms with Crippen LogP contribution in [0, 0.1) is 0 Å². The summed E-state index contributed by atoms with van der Waals surface area (Å²) in [6, 6.07) is 0. The van der Waals surface area contributed by atoms with Gasteiger partial charge in [0.25, 0.3) is 5.91 Å². The number of hydrogen-bond donors (Lipinski definition) is 6. The highest BCUT2D eigenvalue weighted by Gasteiger charge is 2.24. The number of carbonyl (C=O) groups is 2. The van der Waals surface area contributed by atoms with Gasteiger partial charge in [0.2, 0.25) is 5.91 Å². The van der Waals surface area contributed by atoms with Crippen LogP contribution in [-0.4, -0.2) is 60.4 Å². The maximum atomic E-state index is 11.3. The zero-order chi connectivity index (χ0) is 14.0. The molecule has 0 saturated carbocycles. The van der Waals surface area contributed by atoms with Crippen molar-refractivity contribution >= 4 is 11.8 Å². The molecular weight excluding hydrogens is 240 g/mol. The lowest BCUT2D eigenvalue weighted by atomic mass is 10.1. The zero-order valence-corrected chi connectivity index (χ0v) is 10.3. The summed E-state index contributed by atoms with van der Waals surface area (Å²) in [7, 11) is 0. The number of nitrogens with two attached hydrogens (primary N) is 2. The molecule has 0 aromatic carbocycles. The van der Waals surface area contributed by atoms with E-state index in [2.05, 4.69) is 10.6 Å². The van der Waals surface area contributed by atoms with Gasteiger partial charge >= 0.3 is 0 Å².